The number of hydrogen-bond acceptors (Lipinski definition) is 3. The van der Waals surface area contributed by atoms with E-state index in [-0.39, 0.29) is 0 Å². The van der Waals surface area contributed by atoms with Crippen molar-refractivity contribution in [3.63, 3.8) is 0 Å². The molecule has 1 N–H and O–H groups in total. The van der Waals surface area contributed by atoms with Gasteiger partial charge in [0.2, 0.25) is 5.95 Å². The fraction of sp³-hybridized carbons (Fsp3) is 0.667. The zero-order chi connectivity index (χ0) is 11.1. The Labute approximate surface area is 92.3 Å². The van der Waals surface area contributed by atoms with Crippen LogP contribution in [0.1, 0.15) is 45.1 Å². The van der Waals surface area contributed by atoms with Crippen molar-refractivity contribution in [1.29, 1.82) is 0 Å². The molecular formula is C12H21N3. The Morgan fingerprint density at radius 1 is 1.27 bits per heavy atom. The van der Waals surface area contributed by atoms with Crippen molar-refractivity contribution in [3.05, 3.63) is 18.0 Å². The Morgan fingerprint density at radius 3 is 2.53 bits per heavy atom. The molecule has 15 heavy (non-hydrogen) atoms. The molecule has 3 nitrogen and oxygen atoms in total. The molecule has 0 spiro atoms. The highest BCUT2D eigenvalue weighted by Crippen LogP contribution is 2.07. The number of unbranched alkanes of at least 4 members (excludes halogenated alkanes) is 2. The second-order valence-electron chi connectivity index (χ2n) is 4.13. The second-order valence-corrected chi connectivity index (χ2v) is 4.13. The van der Waals surface area contributed by atoms with Gasteiger partial charge in [-0.25, -0.2) is 9.97 Å². The van der Waals surface area contributed by atoms with Crippen LogP contribution in [0.25, 0.3) is 0 Å². The molecule has 0 radical (unpaired) electrons. The maximum absolute atomic E-state index is 4.22. The van der Waals surface area contributed by atoms with Crippen LogP contribution in [0.5, 0.6) is 0 Å². The van der Waals surface area contributed by atoms with Gasteiger partial charge in [-0.3, -0.25) is 0 Å². The van der Waals surface area contributed by atoms with Gasteiger partial charge in [0, 0.05) is 18.4 Å². The van der Waals surface area contributed by atoms with Crippen LogP contribution in [0.2, 0.25) is 0 Å². The number of aryl methyl sites for hydroxylation is 1. The highest BCUT2D eigenvalue weighted by atomic mass is 15.1. The molecule has 0 saturated carbocycles. The van der Waals surface area contributed by atoms with Crippen LogP contribution in [-0.4, -0.2) is 16.0 Å². The van der Waals surface area contributed by atoms with Gasteiger partial charge in [-0.1, -0.05) is 26.2 Å². The summed E-state index contributed by atoms with van der Waals surface area (Å²) in [4.78, 5) is 8.45. The van der Waals surface area contributed by atoms with Crippen molar-refractivity contribution in [3.8, 4) is 0 Å². The molecule has 1 atom stereocenters. The number of nitrogens with zero attached hydrogens (tertiary/aromatic N) is 2. The van der Waals surface area contributed by atoms with Gasteiger partial charge in [0.15, 0.2) is 0 Å². The van der Waals surface area contributed by atoms with Crippen LogP contribution in [0.15, 0.2) is 12.4 Å². The van der Waals surface area contributed by atoms with Crippen LogP contribution in [0.4, 0.5) is 5.95 Å². The fourth-order valence-corrected chi connectivity index (χ4v) is 1.46. The molecule has 0 aliphatic heterocycles. The largest absolute Gasteiger partial charge is 0.352 e. The SMILES string of the molecule is CCCCCC(C)Nc1ncc(C)cn1. The van der Waals surface area contributed by atoms with E-state index in [2.05, 4.69) is 29.1 Å². The Bertz CT molecular complexity index is 269. The van der Waals surface area contributed by atoms with Gasteiger partial charge >= 0.3 is 0 Å². The lowest BCUT2D eigenvalue weighted by Crippen LogP contribution is -2.16. The topological polar surface area (TPSA) is 37.8 Å². The summed E-state index contributed by atoms with van der Waals surface area (Å²) in [5.41, 5.74) is 1.10. The maximum Gasteiger partial charge on any atom is 0.222 e. The van der Waals surface area contributed by atoms with E-state index in [1.165, 1.54) is 25.7 Å². The average molecular weight is 207 g/mol. The van der Waals surface area contributed by atoms with Crippen molar-refractivity contribution < 1.29 is 0 Å². The third kappa shape index (κ3) is 4.77. The predicted molar refractivity (Wildman–Crippen MR) is 64.0 cm³/mol. The van der Waals surface area contributed by atoms with E-state index in [9.17, 15) is 0 Å². The first kappa shape index (κ1) is 12.0. The summed E-state index contributed by atoms with van der Waals surface area (Å²) in [5.74, 6) is 0.740. The quantitative estimate of drug-likeness (QED) is 0.728. The molecule has 1 aromatic heterocycles. The van der Waals surface area contributed by atoms with Gasteiger partial charge in [0.05, 0.1) is 0 Å². The molecule has 1 unspecified atom stereocenters. The molecular weight excluding hydrogens is 186 g/mol. The van der Waals surface area contributed by atoms with E-state index < -0.39 is 0 Å². The molecule has 0 amide bonds. The highest BCUT2D eigenvalue weighted by Gasteiger charge is 2.02. The van der Waals surface area contributed by atoms with Crippen LogP contribution in [0.3, 0.4) is 0 Å². The van der Waals surface area contributed by atoms with Crippen molar-refractivity contribution >= 4 is 5.95 Å². The van der Waals surface area contributed by atoms with Crippen molar-refractivity contribution in [1.82, 2.24) is 9.97 Å². The van der Waals surface area contributed by atoms with E-state index >= 15 is 0 Å². The molecule has 1 rings (SSSR count). The normalized spacial score (nSPS) is 12.5. The van der Waals surface area contributed by atoms with Crippen LogP contribution in [0, 0.1) is 6.92 Å². The third-order valence-electron chi connectivity index (χ3n) is 2.40. The van der Waals surface area contributed by atoms with E-state index in [1.807, 2.05) is 19.3 Å². The lowest BCUT2D eigenvalue weighted by molar-refractivity contribution is 0.612. The molecule has 0 bridgehead atoms. The summed E-state index contributed by atoms with van der Waals surface area (Å²) in [5, 5.41) is 3.31. The second kappa shape index (κ2) is 6.38. The first-order valence-electron chi connectivity index (χ1n) is 5.77. The number of hydrogen-bond donors (Lipinski definition) is 1. The van der Waals surface area contributed by atoms with Crippen molar-refractivity contribution in [2.75, 3.05) is 5.32 Å². The molecule has 0 aliphatic carbocycles. The average Bonchev–Trinajstić information content (AvgIpc) is 2.22. The highest BCUT2D eigenvalue weighted by molar-refractivity contribution is 5.25. The molecule has 0 aromatic carbocycles. The number of nitrogens with one attached hydrogen (secondary N) is 1. The summed E-state index contributed by atoms with van der Waals surface area (Å²) in [6.07, 6.45) is 8.72. The summed E-state index contributed by atoms with van der Waals surface area (Å²) >= 11 is 0. The predicted octanol–water partition coefficient (Wildman–Crippen LogP) is 3.17. The van der Waals surface area contributed by atoms with Gasteiger partial charge in [-0.15, -0.1) is 0 Å². The first-order chi connectivity index (χ1) is 7.22. The smallest absolute Gasteiger partial charge is 0.222 e. The Kier molecular flexibility index (Phi) is 5.08. The van der Waals surface area contributed by atoms with Gasteiger partial charge in [0.25, 0.3) is 0 Å². The summed E-state index contributed by atoms with van der Waals surface area (Å²) in [6.45, 7) is 6.40. The van der Waals surface area contributed by atoms with Gasteiger partial charge in [0.1, 0.15) is 0 Å². The van der Waals surface area contributed by atoms with Gasteiger partial charge in [-0.05, 0) is 25.8 Å². The van der Waals surface area contributed by atoms with E-state index in [4.69, 9.17) is 0 Å². The van der Waals surface area contributed by atoms with Crippen molar-refractivity contribution in [2.45, 2.75) is 52.5 Å². The third-order valence-corrected chi connectivity index (χ3v) is 2.40. The number of rotatable bonds is 6. The molecule has 3 heteroatoms. The summed E-state index contributed by atoms with van der Waals surface area (Å²) in [7, 11) is 0. The van der Waals surface area contributed by atoms with Crippen LogP contribution >= 0.6 is 0 Å². The minimum atomic E-state index is 0.458. The molecule has 0 fully saturated rings. The Balaban J connectivity index is 2.31. The molecule has 1 aromatic rings. The van der Waals surface area contributed by atoms with E-state index in [0.29, 0.717) is 6.04 Å². The van der Waals surface area contributed by atoms with E-state index in [1.54, 1.807) is 0 Å². The summed E-state index contributed by atoms with van der Waals surface area (Å²) < 4.78 is 0. The fourth-order valence-electron chi connectivity index (χ4n) is 1.46. The Morgan fingerprint density at radius 2 is 1.93 bits per heavy atom. The number of aromatic nitrogens is 2. The molecule has 84 valence electrons. The lowest BCUT2D eigenvalue weighted by atomic mass is 10.1. The van der Waals surface area contributed by atoms with Crippen LogP contribution < -0.4 is 5.32 Å². The van der Waals surface area contributed by atoms with Gasteiger partial charge < -0.3 is 5.32 Å². The number of anilines is 1. The monoisotopic (exact) mass is 207 g/mol. The Hall–Kier alpha value is -1.12. The zero-order valence-electron chi connectivity index (χ0n) is 9.95. The van der Waals surface area contributed by atoms with Crippen molar-refractivity contribution in [2.24, 2.45) is 0 Å². The summed E-state index contributed by atoms with van der Waals surface area (Å²) in [6, 6.07) is 0.458. The molecule has 0 aliphatic rings. The first-order valence-corrected chi connectivity index (χ1v) is 5.77. The zero-order valence-corrected chi connectivity index (χ0v) is 9.95. The van der Waals surface area contributed by atoms with Crippen LogP contribution in [-0.2, 0) is 0 Å². The van der Waals surface area contributed by atoms with Gasteiger partial charge in [-0.2, -0.15) is 0 Å². The standard InChI is InChI=1S/C12H21N3/c1-4-5-6-7-11(3)15-12-13-8-10(2)9-14-12/h8-9,11H,4-7H2,1-3H3,(H,13,14,15). The molecule has 0 saturated heterocycles. The minimum Gasteiger partial charge on any atom is -0.352 e. The lowest BCUT2D eigenvalue weighted by Gasteiger charge is -2.13. The maximum atomic E-state index is 4.22. The minimum absolute atomic E-state index is 0.458. The van der Waals surface area contributed by atoms with E-state index in [0.717, 1.165) is 11.5 Å². The molecule has 1 heterocycles.